The maximum Gasteiger partial charge on any atom is 0.374 e. The van der Waals surface area contributed by atoms with Crippen molar-refractivity contribution in [1.82, 2.24) is 0 Å². The zero-order chi connectivity index (χ0) is 14.5. The lowest BCUT2D eigenvalue weighted by Gasteiger charge is -2.09. The van der Waals surface area contributed by atoms with Crippen molar-refractivity contribution in [1.29, 1.82) is 0 Å². The van der Waals surface area contributed by atoms with Gasteiger partial charge in [-0.25, -0.2) is 4.79 Å². The summed E-state index contributed by atoms with van der Waals surface area (Å²) in [6.45, 7) is 2.06. The molecule has 6 heteroatoms. The lowest BCUT2D eigenvalue weighted by molar-refractivity contribution is 0.0492. The summed E-state index contributed by atoms with van der Waals surface area (Å²) < 4.78 is 15.8. The van der Waals surface area contributed by atoms with E-state index >= 15 is 0 Å². The quantitative estimate of drug-likeness (QED) is 0.656. The van der Waals surface area contributed by atoms with Crippen LogP contribution in [0.4, 0.5) is 0 Å². The first-order valence-electron chi connectivity index (χ1n) is 6.22. The number of benzene rings is 1. The predicted molar refractivity (Wildman–Crippen MR) is 74.4 cm³/mol. The Morgan fingerprint density at radius 3 is 3.00 bits per heavy atom. The molecular formula is C14H15ClO5. The van der Waals surface area contributed by atoms with Crippen LogP contribution in [-0.2, 0) is 4.74 Å². The van der Waals surface area contributed by atoms with Crippen molar-refractivity contribution in [2.45, 2.75) is 13.0 Å². The monoisotopic (exact) mass is 298 g/mol. The fraction of sp³-hybridized carbons (Fsp3) is 0.357. The highest BCUT2D eigenvalue weighted by Crippen LogP contribution is 2.29. The lowest BCUT2D eigenvalue weighted by atomic mass is 10.2. The van der Waals surface area contributed by atoms with E-state index in [4.69, 9.17) is 25.5 Å². The second-order valence-electron chi connectivity index (χ2n) is 4.12. The van der Waals surface area contributed by atoms with Crippen LogP contribution in [0.2, 0.25) is 0 Å². The summed E-state index contributed by atoms with van der Waals surface area (Å²) in [7, 11) is 0. The standard InChI is InChI=1S/C14H15ClO5/c1-2-18-14(17)12-6-9-4-3-5-11(13(9)20-12)19-8-10(16)7-15/h3-6,10,16H,2,7-8H2,1H3. The summed E-state index contributed by atoms with van der Waals surface area (Å²) in [4.78, 5) is 11.6. The first-order chi connectivity index (χ1) is 9.65. The van der Waals surface area contributed by atoms with Crippen LogP contribution in [0, 0.1) is 0 Å². The largest absolute Gasteiger partial charge is 0.487 e. The van der Waals surface area contributed by atoms with Crippen LogP contribution in [0.1, 0.15) is 17.5 Å². The third-order valence-corrected chi connectivity index (χ3v) is 2.95. The van der Waals surface area contributed by atoms with Gasteiger partial charge in [-0.15, -0.1) is 11.6 Å². The third kappa shape index (κ3) is 3.23. The molecule has 2 aromatic rings. The Labute approximate surface area is 121 Å². The van der Waals surface area contributed by atoms with Crippen LogP contribution < -0.4 is 4.74 Å². The molecule has 0 spiro atoms. The van der Waals surface area contributed by atoms with Crippen molar-refractivity contribution in [3.8, 4) is 5.75 Å². The van der Waals surface area contributed by atoms with E-state index in [0.717, 1.165) is 5.39 Å². The molecule has 0 fully saturated rings. The highest BCUT2D eigenvalue weighted by molar-refractivity contribution is 6.18. The van der Waals surface area contributed by atoms with Gasteiger partial charge in [-0.3, -0.25) is 0 Å². The van der Waals surface area contributed by atoms with Crippen molar-refractivity contribution in [3.05, 3.63) is 30.0 Å². The smallest absolute Gasteiger partial charge is 0.374 e. The number of carbonyl (C=O) groups excluding carboxylic acids is 1. The van der Waals surface area contributed by atoms with Crippen LogP contribution >= 0.6 is 11.6 Å². The molecule has 20 heavy (non-hydrogen) atoms. The molecule has 1 aromatic heterocycles. The molecule has 0 aliphatic carbocycles. The van der Waals surface area contributed by atoms with Gasteiger partial charge in [0.25, 0.3) is 0 Å². The van der Waals surface area contributed by atoms with Gasteiger partial charge in [0.05, 0.1) is 12.5 Å². The molecule has 5 nitrogen and oxygen atoms in total. The number of carbonyl (C=O) groups is 1. The van der Waals surface area contributed by atoms with E-state index < -0.39 is 12.1 Å². The molecule has 0 amide bonds. The van der Waals surface area contributed by atoms with Gasteiger partial charge in [0.2, 0.25) is 5.76 Å². The minimum Gasteiger partial charge on any atom is -0.487 e. The van der Waals surface area contributed by atoms with Gasteiger partial charge in [-0.2, -0.15) is 0 Å². The van der Waals surface area contributed by atoms with E-state index in [-0.39, 0.29) is 24.9 Å². The molecule has 108 valence electrons. The van der Waals surface area contributed by atoms with E-state index in [0.29, 0.717) is 11.3 Å². The summed E-state index contributed by atoms with van der Waals surface area (Å²) in [6, 6.07) is 6.86. The number of aliphatic hydroxyl groups is 1. The average molecular weight is 299 g/mol. The Hall–Kier alpha value is -1.72. The second-order valence-corrected chi connectivity index (χ2v) is 4.43. The average Bonchev–Trinajstić information content (AvgIpc) is 2.89. The lowest BCUT2D eigenvalue weighted by Crippen LogP contribution is -2.18. The molecule has 0 saturated heterocycles. The number of aliphatic hydroxyl groups excluding tert-OH is 1. The Kier molecular flexibility index (Phi) is 4.87. The van der Waals surface area contributed by atoms with Gasteiger partial charge in [-0.05, 0) is 19.1 Å². The van der Waals surface area contributed by atoms with E-state index in [1.165, 1.54) is 0 Å². The van der Waals surface area contributed by atoms with Gasteiger partial charge in [0.15, 0.2) is 11.3 Å². The van der Waals surface area contributed by atoms with Crippen LogP contribution in [0.15, 0.2) is 28.7 Å². The van der Waals surface area contributed by atoms with Gasteiger partial charge in [0, 0.05) is 5.39 Å². The Morgan fingerprint density at radius 1 is 1.50 bits per heavy atom. The van der Waals surface area contributed by atoms with Crippen LogP contribution in [0.3, 0.4) is 0 Å². The van der Waals surface area contributed by atoms with Crippen molar-refractivity contribution < 1.29 is 23.8 Å². The number of fused-ring (bicyclic) bond motifs is 1. The molecule has 0 saturated carbocycles. The molecule has 0 bridgehead atoms. The highest BCUT2D eigenvalue weighted by Gasteiger charge is 2.16. The zero-order valence-corrected chi connectivity index (χ0v) is 11.7. The molecule has 1 unspecified atom stereocenters. The Bertz CT molecular complexity index is 592. The number of hydrogen-bond donors (Lipinski definition) is 1. The van der Waals surface area contributed by atoms with E-state index in [2.05, 4.69) is 0 Å². The number of furan rings is 1. The second kappa shape index (κ2) is 6.63. The molecule has 1 N–H and O–H groups in total. The predicted octanol–water partition coefficient (Wildman–Crippen LogP) is 2.59. The molecule has 1 heterocycles. The molecule has 1 aromatic carbocycles. The van der Waals surface area contributed by atoms with Crippen molar-refractivity contribution >= 4 is 28.5 Å². The van der Waals surface area contributed by atoms with E-state index in [1.54, 1.807) is 31.2 Å². The number of para-hydroxylation sites is 1. The van der Waals surface area contributed by atoms with Gasteiger partial charge >= 0.3 is 5.97 Å². The van der Waals surface area contributed by atoms with Crippen LogP contribution in [-0.4, -0.2) is 36.3 Å². The van der Waals surface area contributed by atoms with E-state index in [1.807, 2.05) is 0 Å². The fourth-order valence-electron chi connectivity index (χ4n) is 1.68. The topological polar surface area (TPSA) is 68.9 Å². The molecule has 1 atom stereocenters. The highest BCUT2D eigenvalue weighted by atomic mass is 35.5. The first-order valence-corrected chi connectivity index (χ1v) is 6.75. The third-order valence-electron chi connectivity index (χ3n) is 2.59. The molecule has 2 rings (SSSR count). The maximum atomic E-state index is 11.6. The van der Waals surface area contributed by atoms with Gasteiger partial charge < -0.3 is 19.0 Å². The number of rotatable bonds is 6. The number of ether oxygens (including phenoxy) is 2. The number of alkyl halides is 1. The summed E-state index contributed by atoms with van der Waals surface area (Å²) >= 11 is 5.50. The Balaban J connectivity index is 2.25. The summed E-state index contributed by atoms with van der Waals surface area (Å²) in [5, 5.41) is 10.1. The molecule has 0 aliphatic rings. The molecular weight excluding hydrogens is 284 g/mol. The normalized spacial score (nSPS) is 12.3. The first kappa shape index (κ1) is 14.7. The van der Waals surface area contributed by atoms with Crippen molar-refractivity contribution in [2.24, 2.45) is 0 Å². The number of esters is 1. The molecule has 0 aliphatic heterocycles. The van der Waals surface area contributed by atoms with E-state index in [9.17, 15) is 9.90 Å². The number of halogens is 1. The fourth-order valence-corrected chi connectivity index (χ4v) is 1.77. The SMILES string of the molecule is CCOC(=O)c1cc2cccc(OCC(O)CCl)c2o1. The minimum atomic E-state index is -0.758. The van der Waals surface area contributed by atoms with Crippen molar-refractivity contribution in [3.63, 3.8) is 0 Å². The minimum absolute atomic E-state index is 0.0536. The molecule has 0 radical (unpaired) electrons. The summed E-state index contributed by atoms with van der Waals surface area (Å²) in [6.07, 6.45) is -0.758. The Morgan fingerprint density at radius 2 is 2.30 bits per heavy atom. The van der Waals surface area contributed by atoms with Gasteiger partial charge in [0.1, 0.15) is 12.7 Å². The maximum absolute atomic E-state index is 11.6. The van der Waals surface area contributed by atoms with Crippen LogP contribution in [0.25, 0.3) is 11.0 Å². The zero-order valence-electron chi connectivity index (χ0n) is 11.0. The van der Waals surface area contributed by atoms with Gasteiger partial charge in [-0.1, -0.05) is 12.1 Å². The van der Waals surface area contributed by atoms with Crippen molar-refractivity contribution in [2.75, 3.05) is 19.1 Å². The summed E-state index contributed by atoms with van der Waals surface area (Å²) in [5.41, 5.74) is 0.442. The van der Waals surface area contributed by atoms with Crippen LogP contribution in [0.5, 0.6) is 5.75 Å². The number of hydrogen-bond acceptors (Lipinski definition) is 5. The summed E-state index contributed by atoms with van der Waals surface area (Å²) in [5.74, 6) is 0.135.